The van der Waals surface area contributed by atoms with E-state index in [4.69, 9.17) is 16.3 Å². The van der Waals surface area contributed by atoms with Crippen molar-refractivity contribution >= 4 is 23.6 Å². The number of cyclic esters (lactones) is 1. The van der Waals surface area contributed by atoms with Crippen LogP contribution in [0.2, 0.25) is 5.02 Å². The summed E-state index contributed by atoms with van der Waals surface area (Å²) in [6.07, 6.45) is 9.02. The lowest BCUT2D eigenvalue weighted by Crippen LogP contribution is -2.56. The van der Waals surface area contributed by atoms with E-state index in [2.05, 4.69) is 49.6 Å². The van der Waals surface area contributed by atoms with E-state index in [0.29, 0.717) is 24.5 Å². The van der Waals surface area contributed by atoms with Crippen LogP contribution in [-0.2, 0) is 9.53 Å². The van der Waals surface area contributed by atoms with Crippen molar-refractivity contribution in [3.05, 3.63) is 34.9 Å². The summed E-state index contributed by atoms with van der Waals surface area (Å²) >= 11 is 6.21. The number of hydrogen-bond donors (Lipinski definition) is 0. The molecule has 1 saturated carbocycles. The lowest BCUT2D eigenvalue weighted by molar-refractivity contribution is -0.142. The first-order chi connectivity index (χ1) is 18.6. The van der Waals surface area contributed by atoms with Crippen LogP contribution in [0.15, 0.2) is 24.3 Å². The van der Waals surface area contributed by atoms with Gasteiger partial charge in [-0.1, -0.05) is 43.0 Å². The van der Waals surface area contributed by atoms with Crippen molar-refractivity contribution in [2.24, 2.45) is 17.3 Å². The Kier molecular flexibility index (Phi) is 8.54. The Morgan fingerprint density at radius 3 is 2.28 bits per heavy atom. The summed E-state index contributed by atoms with van der Waals surface area (Å²) in [6, 6.07) is 8.59. The first-order valence-electron chi connectivity index (χ1n) is 15.3. The molecule has 0 N–H and O–H groups in total. The SMILES string of the molecule is CC(C)N1CCC(C(=O)N2CCC(CN3C(=O)OCC3(C)C)(C3CCCCC3)CC2)C(c2ccc(Cl)cc2)C1. The van der Waals surface area contributed by atoms with Crippen LogP contribution < -0.4 is 0 Å². The predicted molar refractivity (Wildman–Crippen MR) is 156 cm³/mol. The van der Waals surface area contributed by atoms with Gasteiger partial charge in [0.05, 0.1) is 5.54 Å². The Morgan fingerprint density at radius 1 is 1.03 bits per heavy atom. The summed E-state index contributed by atoms with van der Waals surface area (Å²) in [5.41, 5.74) is 1.00. The van der Waals surface area contributed by atoms with Gasteiger partial charge in [-0.2, -0.15) is 0 Å². The molecule has 216 valence electrons. The van der Waals surface area contributed by atoms with E-state index in [0.717, 1.165) is 57.0 Å². The second-order valence-electron chi connectivity index (χ2n) is 13.6. The second-order valence-corrected chi connectivity index (χ2v) is 14.1. The molecular weight excluding hydrogens is 510 g/mol. The fourth-order valence-electron chi connectivity index (χ4n) is 7.84. The topological polar surface area (TPSA) is 53.1 Å². The minimum absolute atomic E-state index is 0.00384. The maximum Gasteiger partial charge on any atom is 0.410 e. The number of halogens is 1. The van der Waals surface area contributed by atoms with Crippen LogP contribution in [-0.4, -0.2) is 77.6 Å². The molecule has 4 aliphatic rings. The first kappa shape index (κ1) is 28.7. The Bertz CT molecular complexity index is 1010. The van der Waals surface area contributed by atoms with E-state index >= 15 is 0 Å². The van der Waals surface area contributed by atoms with Gasteiger partial charge in [-0.25, -0.2) is 4.79 Å². The number of hydrogen-bond acceptors (Lipinski definition) is 4. The second kappa shape index (κ2) is 11.6. The Balaban J connectivity index is 1.33. The van der Waals surface area contributed by atoms with Crippen molar-refractivity contribution in [1.29, 1.82) is 0 Å². The summed E-state index contributed by atoms with van der Waals surface area (Å²) in [4.78, 5) is 33.6. The van der Waals surface area contributed by atoms with Gasteiger partial charge in [0.15, 0.2) is 0 Å². The maximum atomic E-state index is 14.2. The molecule has 1 aromatic carbocycles. The molecule has 5 rings (SSSR count). The van der Waals surface area contributed by atoms with Crippen molar-refractivity contribution in [2.45, 2.75) is 96.6 Å². The summed E-state index contributed by atoms with van der Waals surface area (Å²) in [6.45, 7) is 13.4. The zero-order chi connectivity index (χ0) is 27.8. The number of carbonyl (C=O) groups excluding carboxylic acids is 2. The van der Waals surface area contributed by atoms with Gasteiger partial charge < -0.3 is 14.5 Å². The average Bonchev–Trinajstić information content (AvgIpc) is 3.20. The molecule has 1 aliphatic carbocycles. The van der Waals surface area contributed by atoms with Gasteiger partial charge >= 0.3 is 6.09 Å². The van der Waals surface area contributed by atoms with Crippen molar-refractivity contribution < 1.29 is 14.3 Å². The van der Waals surface area contributed by atoms with Crippen molar-refractivity contribution in [1.82, 2.24) is 14.7 Å². The normalized spacial score (nSPS) is 28.1. The number of benzene rings is 1. The highest BCUT2D eigenvalue weighted by Crippen LogP contribution is 2.48. The number of carbonyl (C=O) groups is 2. The Hall–Kier alpha value is -1.79. The number of nitrogens with zero attached hydrogens (tertiary/aromatic N) is 3. The smallest absolute Gasteiger partial charge is 0.410 e. The van der Waals surface area contributed by atoms with Gasteiger partial charge in [0, 0.05) is 49.1 Å². The third-order valence-electron chi connectivity index (χ3n) is 10.5. The molecular formula is C32H48ClN3O3. The average molecular weight is 558 g/mol. The first-order valence-corrected chi connectivity index (χ1v) is 15.7. The zero-order valence-corrected chi connectivity index (χ0v) is 25.2. The maximum absolute atomic E-state index is 14.2. The fraction of sp³-hybridized carbons (Fsp3) is 0.750. The molecule has 4 fully saturated rings. The summed E-state index contributed by atoms with van der Waals surface area (Å²) < 4.78 is 5.49. The largest absolute Gasteiger partial charge is 0.447 e. The molecule has 1 aromatic rings. The molecule has 0 bridgehead atoms. The van der Waals surface area contributed by atoms with Crippen molar-refractivity contribution in [3.63, 3.8) is 0 Å². The number of amides is 2. The third-order valence-corrected chi connectivity index (χ3v) is 10.8. The van der Waals surface area contributed by atoms with Crippen molar-refractivity contribution in [2.75, 3.05) is 39.3 Å². The Morgan fingerprint density at radius 2 is 1.69 bits per heavy atom. The number of likely N-dealkylation sites (tertiary alicyclic amines) is 2. The number of piperidine rings is 2. The van der Waals surface area contributed by atoms with Crippen LogP contribution in [0.4, 0.5) is 4.79 Å². The molecule has 2 amide bonds. The standard InChI is InChI=1S/C32H48ClN3O3/c1-23(2)35-17-14-27(28(20-35)24-10-12-26(33)13-11-24)29(37)34-18-15-32(16-19-34,25-8-6-5-7-9-25)21-36-30(38)39-22-31(36,3)4/h10-13,23,25,27-28H,5-9,14-22H2,1-4H3. The number of ether oxygens (including phenoxy) is 1. The van der Waals surface area contributed by atoms with Gasteiger partial charge in [-0.3, -0.25) is 9.69 Å². The fourth-order valence-corrected chi connectivity index (χ4v) is 7.97. The number of rotatable bonds is 6. The van der Waals surface area contributed by atoms with E-state index in [1.807, 2.05) is 17.0 Å². The van der Waals surface area contributed by atoms with E-state index in [9.17, 15) is 9.59 Å². The lowest BCUT2D eigenvalue weighted by atomic mass is 9.63. The van der Waals surface area contributed by atoms with Crippen LogP contribution in [0.25, 0.3) is 0 Å². The van der Waals surface area contributed by atoms with Crippen molar-refractivity contribution in [3.8, 4) is 0 Å². The van der Waals surface area contributed by atoms with Crippen LogP contribution in [0.3, 0.4) is 0 Å². The molecule has 3 aliphatic heterocycles. The van der Waals surface area contributed by atoms with Crippen LogP contribution in [0.5, 0.6) is 0 Å². The quantitative estimate of drug-likeness (QED) is 0.397. The molecule has 0 spiro atoms. The molecule has 3 heterocycles. The van der Waals surface area contributed by atoms with E-state index in [1.54, 1.807) is 0 Å². The summed E-state index contributed by atoms with van der Waals surface area (Å²) in [5.74, 6) is 1.10. The minimum atomic E-state index is -0.276. The Labute approximate surface area is 240 Å². The van der Waals surface area contributed by atoms with Crippen LogP contribution in [0.1, 0.15) is 90.5 Å². The van der Waals surface area contributed by atoms with Gasteiger partial charge in [0.2, 0.25) is 5.91 Å². The zero-order valence-electron chi connectivity index (χ0n) is 24.5. The van der Waals surface area contributed by atoms with E-state index in [1.165, 1.54) is 37.7 Å². The van der Waals surface area contributed by atoms with Gasteiger partial charge in [0.25, 0.3) is 0 Å². The minimum Gasteiger partial charge on any atom is -0.447 e. The highest BCUT2D eigenvalue weighted by Gasteiger charge is 2.50. The lowest BCUT2D eigenvalue weighted by Gasteiger charge is -2.51. The summed E-state index contributed by atoms with van der Waals surface area (Å²) in [5, 5.41) is 0.735. The van der Waals surface area contributed by atoms with Crippen LogP contribution >= 0.6 is 11.6 Å². The monoisotopic (exact) mass is 557 g/mol. The third kappa shape index (κ3) is 5.98. The highest BCUT2D eigenvalue weighted by atomic mass is 35.5. The molecule has 2 unspecified atom stereocenters. The summed E-state index contributed by atoms with van der Waals surface area (Å²) in [7, 11) is 0. The molecule has 3 saturated heterocycles. The molecule has 39 heavy (non-hydrogen) atoms. The molecule has 7 heteroatoms. The van der Waals surface area contributed by atoms with E-state index in [-0.39, 0.29) is 28.9 Å². The van der Waals surface area contributed by atoms with Crippen LogP contribution in [0, 0.1) is 17.3 Å². The van der Waals surface area contributed by atoms with Gasteiger partial charge in [0.1, 0.15) is 6.61 Å². The molecule has 6 nitrogen and oxygen atoms in total. The molecule has 0 radical (unpaired) electrons. The molecule has 2 atom stereocenters. The highest BCUT2D eigenvalue weighted by molar-refractivity contribution is 6.30. The predicted octanol–water partition coefficient (Wildman–Crippen LogP) is 6.57. The molecule has 0 aromatic heterocycles. The van der Waals surface area contributed by atoms with Gasteiger partial charge in [-0.05, 0) is 95.4 Å². The van der Waals surface area contributed by atoms with Gasteiger partial charge in [-0.15, -0.1) is 0 Å². The van der Waals surface area contributed by atoms with E-state index < -0.39 is 0 Å².